The number of piperidine rings is 1. The number of aromatic nitrogens is 5. The van der Waals surface area contributed by atoms with Crippen molar-refractivity contribution in [2.75, 3.05) is 11.9 Å². The predicted molar refractivity (Wildman–Crippen MR) is 161 cm³/mol. The second-order valence-electron chi connectivity index (χ2n) is 10.7. The van der Waals surface area contributed by atoms with Crippen LogP contribution < -0.4 is 10.1 Å². The van der Waals surface area contributed by atoms with Gasteiger partial charge in [0.05, 0.1) is 28.6 Å². The number of nitrogens with one attached hydrogen (secondary N) is 1. The Hall–Kier alpha value is -4.86. The molecule has 1 saturated heterocycles. The first-order chi connectivity index (χ1) is 20.3. The zero-order chi connectivity index (χ0) is 29.4. The number of halogens is 1. The Morgan fingerprint density at radius 1 is 1.14 bits per heavy atom. The lowest BCUT2D eigenvalue weighted by Gasteiger charge is -2.38. The first-order valence-corrected chi connectivity index (χ1v) is 14.1. The number of rotatable bonds is 7. The van der Waals surface area contributed by atoms with Gasteiger partial charge in [-0.15, -0.1) is 0 Å². The van der Waals surface area contributed by atoms with Crippen molar-refractivity contribution >= 4 is 39.5 Å². The Bertz CT molecular complexity index is 1820. The number of amides is 1. The molecule has 2 unspecified atom stereocenters. The van der Waals surface area contributed by atoms with Crippen molar-refractivity contribution in [1.29, 1.82) is 0 Å². The topological polar surface area (TPSA) is 98.1 Å². The number of aryl methyl sites for hydroxylation is 2. The molecule has 0 bridgehead atoms. The maximum atomic E-state index is 15.4. The quantitative estimate of drug-likeness (QED) is 0.223. The van der Waals surface area contributed by atoms with Gasteiger partial charge in [-0.05, 0) is 68.2 Å². The summed E-state index contributed by atoms with van der Waals surface area (Å²) in [6.07, 6.45) is 7.25. The van der Waals surface area contributed by atoms with Gasteiger partial charge >= 0.3 is 0 Å². The largest absolute Gasteiger partial charge is 0.457 e. The van der Waals surface area contributed by atoms with Crippen LogP contribution in [0.3, 0.4) is 0 Å². The number of hydrogen-bond acceptors (Lipinski definition) is 7. The Morgan fingerprint density at radius 2 is 2.00 bits per heavy atom. The molecule has 2 atom stereocenters. The summed E-state index contributed by atoms with van der Waals surface area (Å²) in [5.41, 5.74) is 4.80. The molecule has 0 spiro atoms. The van der Waals surface area contributed by atoms with E-state index in [1.165, 1.54) is 18.5 Å². The van der Waals surface area contributed by atoms with E-state index >= 15 is 4.39 Å². The summed E-state index contributed by atoms with van der Waals surface area (Å²) in [5, 5.41) is 3.12. The summed E-state index contributed by atoms with van der Waals surface area (Å²) < 4.78 is 23.4. The predicted octanol–water partition coefficient (Wildman–Crippen LogP) is 6.57. The van der Waals surface area contributed by atoms with Crippen LogP contribution in [-0.2, 0) is 11.8 Å². The van der Waals surface area contributed by atoms with Crippen molar-refractivity contribution in [3.63, 3.8) is 0 Å². The zero-order valence-electron chi connectivity index (χ0n) is 23.8. The highest BCUT2D eigenvalue weighted by molar-refractivity contribution is 5.88. The molecule has 2 aromatic carbocycles. The van der Waals surface area contributed by atoms with Crippen molar-refractivity contribution in [1.82, 2.24) is 29.4 Å². The molecule has 0 radical (unpaired) electrons. The molecule has 6 rings (SSSR count). The minimum Gasteiger partial charge on any atom is -0.457 e. The van der Waals surface area contributed by atoms with Crippen LogP contribution in [0.5, 0.6) is 11.5 Å². The summed E-state index contributed by atoms with van der Waals surface area (Å²) in [5.74, 6) is 0.889. The van der Waals surface area contributed by atoms with Gasteiger partial charge in [0.2, 0.25) is 5.91 Å². The van der Waals surface area contributed by atoms with Crippen molar-refractivity contribution in [2.24, 2.45) is 7.05 Å². The average Bonchev–Trinajstić information content (AvgIpc) is 3.38. The molecule has 1 fully saturated rings. The molecule has 5 aromatic rings. The van der Waals surface area contributed by atoms with E-state index in [0.717, 1.165) is 41.6 Å². The second kappa shape index (κ2) is 11.2. The highest BCUT2D eigenvalue weighted by atomic mass is 19.1. The molecule has 4 heterocycles. The number of hydrogen-bond donors (Lipinski definition) is 1. The second-order valence-corrected chi connectivity index (χ2v) is 10.7. The van der Waals surface area contributed by atoms with Gasteiger partial charge in [0, 0.05) is 43.4 Å². The van der Waals surface area contributed by atoms with Crippen LogP contribution in [0, 0.1) is 12.7 Å². The lowest BCUT2D eigenvalue weighted by atomic mass is 9.88. The summed E-state index contributed by atoms with van der Waals surface area (Å²) in [6, 6.07) is 12.7. The van der Waals surface area contributed by atoms with Gasteiger partial charge in [-0.25, -0.2) is 24.3 Å². The summed E-state index contributed by atoms with van der Waals surface area (Å²) >= 11 is 0. The van der Waals surface area contributed by atoms with Crippen LogP contribution in [0.25, 0.3) is 22.1 Å². The molecule has 1 aliphatic heterocycles. The molecule has 0 aliphatic carbocycles. The number of ether oxygens (including phenoxy) is 1. The molecule has 1 aliphatic rings. The average molecular weight is 566 g/mol. The maximum absolute atomic E-state index is 15.4. The number of fused-ring (bicyclic) bond motifs is 2. The van der Waals surface area contributed by atoms with Crippen LogP contribution >= 0.6 is 0 Å². The number of imidazole rings is 1. The Balaban J connectivity index is 1.26. The minimum atomic E-state index is -0.492. The van der Waals surface area contributed by atoms with Crippen LogP contribution in [0.2, 0.25) is 0 Å². The molecule has 42 heavy (non-hydrogen) atoms. The Labute approximate surface area is 243 Å². The fourth-order valence-corrected chi connectivity index (χ4v) is 5.66. The summed E-state index contributed by atoms with van der Waals surface area (Å²) in [6.45, 7) is 8.20. The lowest BCUT2D eigenvalue weighted by Crippen LogP contribution is -2.45. The van der Waals surface area contributed by atoms with Crippen molar-refractivity contribution in [2.45, 2.75) is 45.1 Å². The third-order valence-electron chi connectivity index (χ3n) is 8.00. The minimum absolute atomic E-state index is 0.0615. The van der Waals surface area contributed by atoms with E-state index in [-0.39, 0.29) is 23.6 Å². The number of anilines is 2. The Morgan fingerprint density at radius 3 is 2.81 bits per heavy atom. The van der Waals surface area contributed by atoms with E-state index in [9.17, 15) is 4.79 Å². The van der Waals surface area contributed by atoms with Gasteiger partial charge < -0.3 is 19.5 Å². The third-order valence-corrected chi connectivity index (χ3v) is 8.00. The number of benzene rings is 2. The molecule has 0 saturated carbocycles. The summed E-state index contributed by atoms with van der Waals surface area (Å²) in [7, 11) is 1.93. The van der Waals surface area contributed by atoms with Crippen LogP contribution in [-0.4, -0.2) is 47.9 Å². The van der Waals surface area contributed by atoms with E-state index < -0.39 is 5.82 Å². The number of nitrogens with zero attached hydrogens (tertiary/aromatic N) is 6. The van der Waals surface area contributed by atoms with E-state index in [0.29, 0.717) is 34.9 Å². The van der Waals surface area contributed by atoms with Crippen molar-refractivity contribution in [3.05, 3.63) is 84.8 Å². The normalized spacial score (nSPS) is 17.0. The van der Waals surface area contributed by atoms with Crippen LogP contribution in [0.15, 0.2) is 67.8 Å². The fraction of sp³-hybridized carbons (Fsp3) is 0.281. The standard InChI is InChI=1S/C32H32FN7O2/c1-5-21-8-7-20(16-40(21)30(41)6-2)24-10-11-25-31(37-24)32(35-17-34-25)38-26-13-19(3)29(15-23(26)33)42-22-9-12-28-27(14-22)36-18-39(28)4/h6,9-15,17-18,20-21H,2,5,7-8,16H2,1,3-4H3,(H,34,35,38). The molecule has 1 amide bonds. The molecular weight excluding hydrogens is 533 g/mol. The fourth-order valence-electron chi connectivity index (χ4n) is 5.66. The van der Waals surface area contributed by atoms with E-state index in [2.05, 4.69) is 33.8 Å². The molecule has 214 valence electrons. The maximum Gasteiger partial charge on any atom is 0.246 e. The first kappa shape index (κ1) is 27.3. The van der Waals surface area contributed by atoms with Crippen molar-refractivity contribution in [3.8, 4) is 11.5 Å². The van der Waals surface area contributed by atoms with E-state index in [1.807, 2.05) is 53.8 Å². The van der Waals surface area contributed by atoms with Gasteiger partial charge in [0.25, 0.3) is 0 Å². The van der Waals surface area contributed by atoms with Gasteiger partial charge in [-0.3, -0.25) is 4.79 Å². The van der Waals surface area contributed by atoms with E-state index in [4.69, 9.17) is 9.72 Å². The van der Waals surface area contributed by atoms with Gasteiger partial charge in [-0.1, -0.05) is 13.5 Å². The number of pyridine rings is 1. The van der Waals surface area contributed by atoms with Gasteiger partial charge in [0.15, 0.2) is 5.82 Å². The molecule has 1 N–H and O–H groups in total. The smallest absolute Gasteiger partial charge is 0.246 e. The van der Waals surface area contributed by atoms with Gasteiger partial charge in [-0.2, -0.15) is 0 Å². The summed E-state index contributed by atoms with van der Waals surface area (Å²) in [4.78, 5) is 32.5. The first-order valence-electron chi connectivity index (χ1n) is 14.1. The number of carbonyl (C=O) groups is 1. The number of carbonyl (C=O) groups excluding carboxylic acids is 1. The van der Waals surface area contributed by atoms with E-state index in [1.54, 1.807) is 12.4 Å². The van der Waals surface area contributed by atoms with Gasteiger partial charge in [0.1, 0.15) is 29.2 Å². The number of likely N-dealkylation sites (tertiary alicyclic amines) is 1. The molecule has 3 aromatic heterocycles. The molecular formula is C32H32FN7O2. The highest BCUT2D eigenvalue weighted by Gasteiger charge is 2.31. The monoisotopic (exact) mass is 565 g/mol. The highest BCUT2D eigenvalue weighted by Crippen LogP contribution is 2.35. The third kappa shape index (κ3) is 5.15. The Kier molecular flexibility index (Phi) is 7.28. The SMILES string of the molecule is C=CC(=O)N1CC(c2ccc3ncnc(Nc4cc(C)c(Oc5ccc6c(c5)ncn6C)cc4F)c3n2)CCC1CC. The lowest BCUT2D eigenvalue weighted by molar-refractivity contribution is -0.130. The van der Waals surface area contributed by atoms with Crippen LogP contribution in [0.1, 0.15) is 43.4 Å². The van der Waals surface area contributed by atoms with Crippen molar-refractivity contribution < 1.29 is 13.9 Å². The molecule has 9 nitrogen and oxygen atoms in total. The zero-order valence-corrected chi connectivity index (χ0v) is 23.8. The molecule has 10 heteroatoms. The van der Waals surface area contributed by atoms with Crippen LogP contribution in [0.4, 0.5) is 15.9 Å².